The zero-order valence-corrected chi connectivity index (χ0v) is 17.0. The van der Waals surface area contributed by atoms with Crippen molar-refractivity contribution in [2.24, 2.45) is 0 Å². The number of nitrogens with zero attached hydrogens (tertiary/aromatic N) is 1. The van der Waals surface area contributed by atoms with Crippen molar-refractivity contribution in [2.45, 2.75) is 32.1 Å². The normalized spacial score (nSPS) is 12.7. The van der Waals surface area contributed by atoms with E-state index in [1.54, 1.807) is 12.4 Å². The number of aromatic nitrogens is 3. The van der Waals surface area contributed by atoms with Crippen molar-refractivity contribution >= 4 is 37.6 Å². The second kappa shape index (κ2) is 6.67. The van der Waals surface area contributed by atoms with Gasteiger partial charge in [-0.25, -0.2) is 13.4 Å². The molecule has 4 aromatic rings. The third-order valence-electron chi connectivity index (χ3n) is 5.71. The summed E-state index contributed by atoms with van der Waals surface area (Å²) in [6.07, 6.45) is 6.72. The molecule has 0 aliphatic rings. The zero-order valence-electron chi connectivity index (χ0n) is 16.2. The van der Waals surface area contributed by atoms with Gasteiger partial charge in [-0.05, 0) is 42.2 Å². The third-order valence-corrected chi connectivity index (χ3v) is 6.30. The summed E-state index contributed by atoms with van der Waals surface area (Å²) in [5, 5.41) is 1.03. The van der Waals surface area contributed by atoms with Crippen LogP contribution in [-0.4, -0.2) is 29.6 Å². The average molecular weight is 397 g/mol. The smallest absolute Gasteiger partial charge is 0.229 e. The first-order chi connectivity index (χ1) is 13.4. The summed E-state index contributed by atoms with van der Waals surface area (Å²) in [7, 11) is -3.36. The van der Waals surface area contributed by atoms with Gasteiger partial charge in [0.15, 0.2) is 0 Å². The van der Waals surface area contributed by atoms with E-state index in [-0.39, 0.29) is 5.41 Å². The van der Waals surface area contributed by atoms with E-state index < -0.39 is 10.0 Å². The number of fused-ring (bicyclic) bond motifs is 2. The molecule has 7 heteroatoms. The van der Waals surface area contributed by atoms with E-state index in [1.165, 1.54) is 11.1 Å². The molecular formula is C21H24N4O2S. The zero-order chi connectivity index (χ0) is 19.9. The van der Waals surface area contributed by atoms with E-state index in [1.807, 2.05) is 24.4 Å². The lowest BCUT2D eigenvalue weighted by molar-refractivity contribution is 0.482. The Hall–Kier alpha value is -2.80. The fourth-order valence-electron chi connectivity index (χ4n) is 4.26. The maximum Gasteiger partial charge on any atom is 0.229 e. The van der Waals surface area contributed by atoms with Gasteiger partial charge in [0.25, 0.3) is 0 Å². The van der Waals surface area contributed by atoms with Crippen molar-refractivity contribution in [3.05, 3.63) is 60.0 Å². The van der Waals surface area contributed by atoms with Gasteiger partial charge in [0.05, 0.1) is 34.8 Å². The standard InChI is InChI=1S/C21H24N4O2S/c1-4-21(5-2,14-9-10-17-19(11-14)24-13-23-17)16-12-22-20-15(16)7-6-8-18(20)25-28(3,26)27/h6-13,22,25H,4-5H2,1-3H3,(H,23,24). The molecule has 0 atom stereocenters. The Labute approximate surface area is 164 Å². The predicted octanol–water partition coefficient (Wildman–Crippen LogP) is 4.52. The maximum absolute atomic E-state index is 11.7. The lowest BCUT2D eigenvalue weighted by Gasteiger charge is -2.32. The minimum atomic E-state index is -3.36. The van der Waals surface area contributed by atoms with Crippen LogP contribution in [-0.2, 0) is 15.4 Å². The molecule has 146 valence electrons. The summed E-state index contributed by atoms with van der Waals surface area (Å²) in [5.74, 6) is 0. The second-order valence-electron chi connectivity index (χ2n) is 7.23. The molecular weight excluding hydrogens is 372 g/mol. The summed E-state index contributed by atoms with van der Waals surface area (Å²) in [6, 6.07) is 12.1. The number of nitrogens with one attached hydrogen (secondary N) is 3. The predicted molar refractivity (Wildman–Crippen MR) is 114 cm³/mol. The molecule has 0 bridgehead atoms. The average Bonchev–Trinajstić information content (AvgIpc) is 3.30. The number of hydrogen-bond donors (Lipinski definition) is 3. The molecule has 28 heavy (non-hydrogen) atoms. The molecule has 0 amide bonds. The van der Waals surface area contributed by atoms with E-state index in [0.717, 1.165) is 41.0 Å². The summed E-state index contributed by atoms with van der Waals surface area (Å²) in [6.45, 7) is 4.39. The van der Waals surface area contributed by atoms with Crippen LogP contribution in [0.25, 0.3) is 21.9 Å². The van der Waals surface area contributed by atoms with Crippen LogP contribution in [0.5, 0.6) is 0 Å². The summed E-state index contributed by atoms with van der Waals surface area (Å²) in [4.78, 5) is 10.8. The van der Waals surface area contributed by atoms with Crippen molar-refractivity contribution in [1.82, 2.24) is 15.0 Å². The maximum atomic E-state index is 11.7. The number of imidazole rings is 1. The van der Waals surface area contributed by atoms with Crippen LogP contribution in [0, 0.1) is 0 Å². The van der Waals surface area contributed by atoms with Crippen molar-refractivity contribution in [1.29, 1.82) is 0 Å². The fraction of sp³-hybridized carbons (Fsp3) is 0.286. The largest absolute Gasteiger partial charge is 0.359 e. The highest BCUT2D eigenvalue weighted by molar-refractivity contribution is 7.92. The van der Waals surface area contributed by atoms with Crippen molar-refractivity contribution in [2.75, 3.05) is 11.0 Å². The summed E-state index contributed by atoms with van der Waals surface area (Å²) >= 11 is 0. The first-order valence-corrected chi connectivity index (χ1v) is 11.3. The summed E-state index contributed by atoms with van der Waals surface area (Å²) < 4.78 is 26.1. The molecule has 2 heterocycles. The minimum absolute atomic E-state index is 0.193. The molecule has 0 radical (unpaired) electrons. The Balaban J connectivity index is 1.93. The van der Waals surface area contributed by atoms with Crippen molar-refractivity contribution < 1.29 is 8.42 Å². The lowest BCUT2D eigenvalue weighted by atomic mass is 9.70. The molecule has 6 nitrogen and oxygen atoms in total. The van der Waals surface area contributed by atoms with Gasteiger partial charge in [-0.15, -0.1) is 0 Å². The Morgan fingerprint density at radius 2 is 1.89 bits per heavy atom. The monoisotopic (exact) mass is 396 g/mol. The molecule has 0 saturated carbocycles. The fourth-order valence-corrected chi connectivity index (χ4v) is 4.83. The first kappa shape index (κ1) is 18.6. The Bertz CT molecular complexity index is 1250. The topological polar surface area (TPSA) is 90.6 Å². The number of para-hydroxylation sites is 1. The molecule has 3 N–H and O–H groups in total. The first-order valence-electron chi connectivity index (χ1n) is 9.40. The lowest BCUT2D eigenvalue weighted by Crippen LogP contribution is -2.25. The van der Waals surface area contributed by atoms with E-state index in [4.69, 9.17) is 0 Å². The Morgan fingerprint density at radius 1 is 1.11 bits per heavy atom. The van der Waals surface area contributed by atoms with Gasteiger partial charge in [-0.3, -0.25) is 4.72 Å². The van der Waals surface area contributed by atoms with Crippen molar-refractivity contribution in [3.8, 4) is 0 Å². The van der Waals surface area contributed by atoms with Gasteiger partial charge in [0.2, 0.25) is 10.0 Å². The van der Waals surface area contributed by atoms with Gasteiger partial charge in [0, 0.05) is 17.0 Å². The highest BCUT2D eigenvalue weighted by Gasteiger charge is 2.33. The second-order valence-corrected chi connectivity index (χ2v) is 8.98. The third kappa shape index (κ3) is 2.96. The molecule has 0 fully saturated rings. The molecule has 0 unspecified atom stereocenters. The van der Waals surface area contributed by atoms with Crippen LogP contribution in [0.1, 0.15) is 37.8 Å². The van der Waals surface area contributed by atoms with Gasteiger partial charge in [0.1, 0.15) is 0 Å². The molecule has 0 aliphatic carbocycles. The van der Waals surface area contributed by atoms with Crippen LogP contribution < -0.4 is 4.72 Å². The molecule has 2 aromatic carbocycles. The molecule has 0 spiro atoms. The van der Waals surface area contributed by atoms with Crippen LogP contribution in [0.15, 0.2) is 48.9 Å². The molecule has 0 aliphatic heterocycles. The SMILES string of the molecule is CCC(CC)(c1ccc2nc[nH]c2c1)c1c[nH]c2c(NS(C)(=O)=O)cccc12. The number of sulfonamides is 1. The van der Waals surface area contributed by atoms with Gasteiger partial charge in [-0.2, -0.15) is 0 Å². The highest BCUT2D eigenvalue weighted by atomic mass is 32.2. The quantitative estimate of drug-likeness (QED) is 0.447. The van der Waals surface area contributed by atoms with E-state index >= 15 is 0 Å². The molecule has 4 rings (SSSR count). The van der Waals surface area contributed by atoms with Gasteiger partial charge in [-0.1, -0.05) is 32.0 Å². The van der Waals surface area contributed by atoms with Gasteiger partial charge < -0.3 is 9.97 Å². The van der Waals surface area contributed by atoms with Crippen LogP contribution in [0.2, 0.25) is 0 Å². The molecule has 2 aromatic heterocycles. The van der Waals surface area contributed by atoms with Crippen LogP contribution in [0.4, 0.5) is 5.69 Å². The number of benzene rings is 2. The Morgan fingerprint density at radius 3 is 2.61 bits per heavy atom. The Kier molecular flexibility index (Phi) is 4.42. The number of aromatic amines is 2. The van der Waals surface area contributed by atoms with E-state index in [9.17, 15) is 8.42 Å². The van der Waals surface area contributed by atoms with E-state index in [0.29, 0.717) is 5.69 Å². The summed E-state index contributed by atoms with van der Waals surface area (Å²) in [5.41, 5.74) is 5.53. The van der Waals surface area contributed by atoms with Gasteiger partial charge >= 0.3 is 0 Å². The van der Waals surface area contributed by atoms with Crippen molar-refractivity contribution in [3.63, 3.8) is 0 Å². The minimum Gasteiger partial charge on any atom is -0.359 e. The van der Waals surface area contributed by atoms with E-state index in [2.05, 4.69) is 45.7 Å². The number of hydrogen-bond acceptors (Lipinski definition) is 3. The number of rotatable bonds is 6. The van der Waals surface area contributed by atoms with Crippen LogP contribution in [0.3, 0.4) is 0 Å². The number of anilines is 1. The number of H-pyrrole nitrogens is 2. The highest BCUT2D eigenvalue weighted by Crippen LogP contribution is 2.43. The van der Waals surface area contributed by atoms with Crippen LogP contribution >= 0.6 is 0 Å². The molecule has 0 saturated heterocycles.